The van der Waals surface area contributed by atoms with Crippen molar-refractivity contribution in [2.45, 2.75) is 6.10 Å². The van der Waals surface area contributed by atoms with Crippen LogP contribution in [0.4, 0.5) is 4.79 Å². The standard InChI is InChI=1S/C8H9NO6.Na/c10-6(11)1-2-7(12)14-4-5-3-9-8(13)15-5;/h1-2,5H,3-4H2,(H,9,13)(H,10,11);/q;+1/p-1/b2-1+;/t5-;/m1./s1. The molecule has 0 aliphatic carbocycles. The number of nitrogens with one attached hydrogen (secondary N) is 1. The van der Waals surface area contributed by atoms with Crippen LogP contribution in [0.2, 0.25) is 0 Å². The monoisotopic (exact) mass is 237 g/mol. The molecule has 7 nitrogen and oxygen atoms in total. The molecule has 1 fully saturated rings. The molecule has 1 heterocycles. The molecule has 0 bridgehead atoms. The predicted octanol–water partition coefficient (Wildman–Crippen LogP) is -5.05. The molecule has 0 aromatic carbocycles. The Kier molecular flexibility index (Phi) is 6.78. The molecular weight excluding hydrogens is 229 g/mol. The Morgan fingerprint density at radius 2 is 2.25 bits per heavy atom. The second kappa shape index (κ2) is 7.26. The Balaban J connectivity index is 0.00000225. The minimum atomic E-state index is -1.49. The number of hydrogen-bond donors (Lipinski definition) is 1. The van der Waals surface area contributed by atoms with E-state index < -0.39 is 24.1 Å². The number of esters is 1. The molecule has 0 radical (unpaired) electrons. The van der Waals surface area contributed by atoms with Crippen LogP contribution in [-0.4, -0.2) is 37.3 Å². The molecule has 1 aliphatic rings. The predicted molar refractivity (Wildman–Crippen MR) is 43.4 cm³/mol. The van der Waals surface area contributed by atoms with Crippen molar-refractivity contribution < 1.29 is 58.5 Å². The molecule has 1 N–H and O–H groups in total. The van der Waals surface area contributed by atoms with Gasteiger partial charge < -0.3 is 24.7 Å². The van der Waals surface area contributed by atoms with Crippen LogP contribution < -0.4 is 40.0 Å². The van der Waals surface area contributed by atoms with Gasteiger partial charge in [0.1, 0.15) is 6.61 Å². The maximum atomic E-state index is 10.8. The average molecular weight is 237 g/mol. The van der Waals surface area contributed by atoms with Crippen molar-refractivity contribution in [3.63, 3.8) is 0 Å². The van der Waals surface area contributed by atoms with Gasteiger partial charge in [-0.05, 0) is 6.08 Å². The fraction of sp³-hybridized carbons (Fsp3) is 0.375. The van der Waals surface area contributed by atoms with Crippen LogP contribution in [0.15, 0.2) is 12.2 Å². The van der Waals surface area contributed by atoms with Gasteiger partial charge in [-0.1, -0.05) is 0 Å². The number of cyclic esters (lactones) is 1. The summed E-state index contributed by atoms with van der Waals surface area (Å²) < 4.78 is 9.25. The van der Waals surface area contributed by atoms with Crippen molar-refractivity contribution in [2.75, 3.05) is 13.2 Å². The second-order valence-corrected chi connectivity index (χ2v) is 2.69. The van der Waals surface area contributed by atoms with Crippen LogP contribution in [0.5, 0.6) is 0 Å². The molecule has 16 heavy (non-hydrogen) atoms. The minimum absolute atomic E-state index is 0. The van der Waals surface area contributed by atoms with Gasteiger partial charge in [-0.15, -0.1) is 0 Å². The van der Waals surface area contributed by atoms with Crippen LogP contribution in [0, 0.1) is 0 Å². The number of carbonyl (C=O) groups excluding carboxylic acids is 3. The molecule has 1 rings (SSSR count). The number of hydrogen-bond acceptors (Lipinski definition) is 6. The molecule has 0 aromatic heterocycles. The summed E-state index contributed by atoms with van der Waals surface area (Å²) in [5.41, 5.74) is 0. The second-order valence-electron chi connectivity index (χ2n) is 2.69. The maximum Gasteiger partial charge on any atom is 1.00 e. The van der Waals surface area contributed by atoms with Crippen LogP contribution in [0.3, 0.4) is 0 Å². The van der Waals surface area contributed by atoms with E-state index in [4.69, 9.17) is 0 Å². The van der Waals surface area contributed by atoms with Gasteiger partial charge in [-0.2, -0.15) is 0 Å². The SMILES string of the molecule is O=C([O-])/C=C/C(=O)OC[C@H]1CNC(=O)O1.[Na+]. The first-order valence-corrected chi connectivity index (χ1v) is 4.08. The van der Waals surface area contributed by atoms with E-state index in [1.165, 1.54) is 0 Å². The average Bonchev–Trinajstić information content (AvgIpc) is 2.58. The number of carboxylic acid groups (broad SMARTS) is 1. The summed E-state index contributed by atoms with van der Waals surface area (Å²) in [6.07, 6.45) is 0.181. The topological polar surface area (TPSA) is 105 Å². The van der Waals surface area contributed by atoms with E-state index in [1.54, 1.807) is 0 Å². The van der Waals surface area contributed by atoms with Crippen LogP contribution in [0.1, 0.15) is 0 Å². The Morgan fingerprint density at radius 3 is 2.75 bits per heavy atom. The third kappa shape index (κ3) is 5.74. The Labute approximate surface area is 113 Å². The van der Waals surface area contributed by atoms with Gasteiger partial charge >= 0.3 is 41.6 Å². The van der Waals surface area contributed by atoms with Gasteiger partial charge in [-0.3, -0.25) is 0 Å². The van der Waals surface area contributed by atoms with Crippen molar-refractivity contribution in [3.8, 4) is 0 Å². The van der Waals surface area contributed by atoms with E-state index in [0.717, 1.165) is 6.08 Å². The summed E-state index contributed by atoms with van der Waals surface area (Å²) in [7, 11) is 0. The summed E-state index contributed by atoms with van der Waals surface area (Å²) in [5, 5.41) is 12.3. The van der Waals surface area contributed by atoms with E-state index in [0.29, 0.717) is 6.08 Å². The molecule has 1 aliphatic heterocycles. The van der Waals surface area contributed by atoms with Crippen LogP contribution in [0.25, 0.3) is 0 Å². The number of alkyl carbamates (subject to hydrolysis) is 1. The minimum Gasteiger partial charge on any atom is -0.545 e. The molecule has 8 heteroatoms. The van der Waals surface area contributed by atoms with Crippen molar-refractivity contribution in [3.05, 3.63) is 12.2 Å². The molecule has 1 atom stereocenters. The zero-order valence-electron chi connectivity index (χ0n) is 8.60. The third-order valence-corrected chi connectivity index (χ3v) is 1.51. The zero-order valence-corrected chi connectivity index (χ0v) is 10.6. The Morgan fingerprint density at radius 1 is 1.56 bits per heavy atom. The van der Waals surface area contributed by atoms with Crippen LogP contribution in [-0.2, 0) is 19.1 Å². The Hall–Kier alpha value is -1.05. The first-order valence-electron chi connectivity index (χ1n) is 4.08. The summed E-state index contributed by atoms with van der Waals surface area (Å²) in [5.74, 6) is -2.32. The number of ether oxygens (including phenoxy) is 2. The van der Waals surface area contributed by atoms with E-state index in [1.807, 2.05) is 0 Å². The molecule has 1 saturated heterocycles. The van der Waals surface area contributed by atoms with Gasteiger partial charge in [0.15, 0.2) is 6.10 Å². The summed E-state index contributed by atoms with van der Waals surface area (Å²) in [6, 6.07) is 0. The molecule has 0 aromatic rings. The molecule has 0 saturated carbocycles. The molecule has 82 valence electrons. The molecule has 0 unspecified atom stereocenters. The summed E-state index contributed by atoms with van der Waals surface area (Å²) in [6.45, 7) is 0.144. The van der Waals surface area contributed by atoms with E-state index in [-0.39, 0.29) is 42.7 Å². The normalized spacial score (nSPS) is 18.5. The van der Waals surface area contributed by atoms with E-state index in [9.17, 15) is 19.5 Å². The third-order valence-electron chi connectivity index (χ3n) is 1.51. The van der Waals surface area contributed by atoms with Crippen molar-refractivity contribution >= 4 is 18.0 Å². The molecule has 1 amide bonds. The Bertz CT molecular complexity index is 316. The summed E-state index contributed by atoms with van der Waals surface area (Å²) >= 11 is 0. The number of carboxylic acids is 1. The fourth-order valence-corrected chi connectivity index (χ4v) is 0.884. The van der Waals surface area contributed by atoms with Gasteiger partial charge in [-0.25, -0.2) is 9.59 Å². The molecule has 0 spiro atoms. The van der Waals surface area contributed by atoms with Gasteiger partial charge in [0, 0.05) is 6.08 Å². The molecular formula is C8H8NNaO6. The largest absolute Gasteiger partial charge is 1.00 e. The maximum absolute atomic E-state index is 10.8. The first-order chi connectivity index (χ1) is 7.08. The van der Waals surface area contributed by atoms with Crippen molar-refractivity contribution in [2.24, 2.45) is 0 Å². The van der Waals surface area contributed by atoms with Gasteiger partial charge in [0.05, 0.1) is 12.5 Å². The number of aliphatic carboxylic acids is 1. The van der Waals surface area contributed by atoms with Crippen LogP contribution >= 0.6 is 0 Å². The first kappa shape index (κ1) is 14.9. The zero-order chi connectivity index (χ0) is 11.3. The van der Waals surface area contributed by atoms with Gasteiger partial charge in [0.25, 0.3) is 0 Å². The van der Waals surface area contributed by atoms with Gasteiger partial charge in [0.2, 0.25) is 0 Å². The number of rotatable bonds is 4. The fourth-order valence-electron chi connectivity index (χ4n) is 0.884. The number of carbonyl (C=O) groups is 3. The van der Waals surface area contributed by atoms with E-state index >= 15 is 0 Å². The van der Waals surface area contributed by atoms with Crippen molar-refractivity contribution in [1.29, 1.82) is 0 Å². The summed E-state index contributed by atoms with van der Waals surface area (Å²) in [4.78, 5) is 31.3. The van der Waals surface area contributed by atoms with Crippen molar-refractivity contribution in [1.82, 2.24) is 5.32 Å². The van der Waals surface area contributed by atoms with E-state index in [2.05, 4.69) is 14.8 Å². The quantitative estimate of drug-likeness (QED) is 0.298. The number of amides is 1. The smallest absolute Gasteiger partial charge is 0.545 e.